The van der Waals surface area contributed by atoms with Crippen molar-refractivity contribution in [3.8, 4) is 0 Å². The van der Waals surface area contributed by atoms with E-state index in [0.29, 0.717) is 18.1 Å². The number of anilines is 1. The molecule has 1 aliphatic heterocycles. The van der Waals surface area contributed by atoms with Crippen molar-refractivity contribution in [3.05, 3.63) is 59.1 Å². The number of fused-ring (bicyclic) bond motifs is 1. The van der Waals surface area contributed by atoms with Gasteiger partial charge in [-0.05, 0) is 36.6 Å². The molecule has 4 nitrogen and oxygen atoms in total. The summed E-state index contributed by atoms with van der Waals surface area (Å²) < 4.78 is 1.19. The Hall–Kier alpha value is -2.11. The number of halogens is 1. The summed E-state index contributed by atoms with van der Waals surface area (Å²) >= 11 is 7.86. The molecule has 0 bridgehead atoms. The summed E-state index contributed by atoms with van der Waals surface area (Å²) in [5.74, 6) is 0.0778. The predicted molar refractivity (Wildman–Crippen MR) is 108 cm³/mol. The van der Waals surface area contributed by atoms with E-state index in [1.54, 1.807) is 11.3 Å². The average Bonchev–Trinajstić information content (AvgIpc) is 3.11. The minimum atomic E-state index is -0.0155. The number of nitrogens with one attached hydrogen (secondary N) is 1. The number of hydrogen-bond acceptors (Lipinski definition) is 4. The fourth-order valence-electron chi connectivity index (χ4n) is 3.33. The van der Waals surface area contributed by atoms with Gasteiger partial charge in [0.05, 0.1) is 16.1 Å². The maximum Gasteiger partial charge on any atom is 0.225 e. The molecule has 4 rings (SSSR count). The minimum absolute atomic E-state index is 0.0155. The number of piperidine rings is 1. The number of benzene rings is 2. The van der Waals surface area contributed by atoms with Crippen LogP contribution in [-0.4, -0.2) is 24.0 Å². The first-order chi connectivity index (χ1) is 12.7. The monoisotopic (exact) mass is 385 g/mol. The molecular formula is C20H20ClN3OS. The molecule has 1 atom stereocenters. The zero-order valence-corrected chi connectivity index (χ0v) is 15.9. The molecule has 1 aromatic heterocycles. The highest BCUT2D eigenvalue weighted by Crippen LogP contribution is 2.31. The van der Waals surface area contributed by atoms with E-state index in [0.717, 1.165) is 35.6 Å². The van der Waals surface area contributed by atoms with E-state index in [-0.39, 0.29) is 11.8 Å². The maximum atomic E-state index is 12.6. The molecule has 1 fully saturated rings. The van der Waals surface area contributed by atoms with Crippen LogP contribution in [0.25, 0.3) is 10.2 Å². The molecule has 0 aliphatic carbocycles. The molecule has 1 amide bonds. The summed E-state index contributed by atoms with van der Waals surface area (Å²) in [5, 5.41) is 4.74. The van der Waals surface area contributed by atoms with Crippen molar-refractivity contribution >= 4 is 44.2 Å². The van der Waals surface area contributed by atoms with Gasteiger partial charge in [-0.2, -0.15) is 0 Å². The number of carbonyl (C=O) groups is 1. The highest BCUT2D eigenvalue weighted by Gasteiger charge is 2.27. The Kier molecular flexibility index (Phi) is 5.09. The summed E-state index contributed by atoms with van der Waals surface area (Å²) in [4.78, 5) is 19.6. The summed E-state index contributed by atoms with van der Waals surface area (Å²) in [5.41, 5.74) is 1.97. The van der Waals surface area contributed by atoms with Crippen LogP contribution >= 0.6 is 22.9 Å². The van der Waals surface area contributed by atoms with Crippen LogP contribution in [-0.2, 0) is 11.3 Å². The number of rotatable bonds is 4. The van der Waals surface area contributed by atoms with Crippen LogP contribution in [0.4, 0.5) is 5.13 Å². The molecule has 1 unspecified atom stereocenters. The summed E-state index contributed by atoms with van der Waals surface area (Å²) in [7, 11) is 0. The fraction of sp³-hybridized carbons (Fsp3) is 0.300. The second-order valence-corrected chi connectivity index (χ2v) is 7.97. The van der Waals surface area contributed by atoms with E-state index in [4.69, 9.17) is 16.6 Å². The Morgan fingerprint density at radius 1 is 1.23 bits per heavy atom. The lowest BCUT2D eigenvalue weighted by molar-refractivity contribution is -0.125. The molecule has 3 aromatic rings. The van der Waals surface area contributed by atoms with Gasteiger partial charge in [0.25, 0.3) is 0 Å². The molecule has 1 N–H and O–H groups in total. The van der Waals surface area contributed by atoms with E-state index in [1.165, 1.54) is 4.70 Å². The van der Waals surface area contributed by atoms with Gasteiger partial charge in [-0.25, -0.2) is 4.98 Å². The number of para-hydroxylation sites is 1. The topological polar surface area (TPSA) is 45.2 Å². The third-order valence-corrected chi connectivity index (χ3v) is 6.22. The van der Waals surface area contributed by atoms with Crippen LogP contribution < -0.4 is 10.2 Å². The Morgan fingerprint density at radius 3 is 2.88 bits per heavy atom. The van der Waals surface area contributed by atoms with Gasteiger partial charge in [-0.1, -0.05) is 53.3 Å². The first-order valence-corrected chi connectivity index (χ1v) is 10.0. The average molecular weight is 386 g/mol. The van der Waals surface area contributed by atoms with E-state index in [1.807, 2.05) is 42.5 Å². The maximum absolute atomic E-state index is 12.6. The summed E-state index contributed by atoms with van der Waals surface area (Å²) in [6, 6.07) is 15.8. The normalized spacial score (nSPS) is 17.4. The molecule has 1 aliphatic rings. The Balaban J connectivity index is 1.41. The Labute approximate surface area is 161 Å². The summed E-state index contributed by atoms with van der Waals surface area (Å²) in [6.45, 7) is 2.14. The third kappa shape index (κ3) is 3.69. The molecule has 2 aromatic carbocycles. The van der Waals surface area contributed by atoms with Gasteiger partial charge in [-0.15, -0.1) is 0 Å². The number of nitrogens with zero attached hydrogens (tertiary/aromatic N) is 2. The molecule has 0 spiro atoms. The first kappa shape index (κ1) is 17.3. The van der Waals surface area contributed by atoms with E-state index in [9.17, 15) is 4.79 Å². The highest BCUT2D eigenvalue weighted by atomic mass is 35.5. The number of hydrogen-bond donors (Lipinski definition) is 1. The van der Waals surface area contributed by atoms with E-state index >= 15 is 0 Å². The smallest absolute Gasteiger partial charge is 0.225 e. The Morgan fingerprint density at radius 2 is 2.04 bits per heavy atom. The van der Waals surface area contributed by atoms with Gasteiger partial charge in [0, 0.05) is 24.7 Å². The zero-order chi connectivity index (χ0) is 17.9. The predicted octanol–water partition coefficient (Wildman–Crippen LogP) is 4.48. The van der Waals surface area contributed by atoms with Crippen molar-refractivity contribution in [2.45, 2.75) is 19.4 Å². The van der Waals surface area contributed by atoms with Crippen molar-refractivity contribution in [2.75, 3.05) is 18.0 Å². The highest BCUT2D eigenvalue weighted by molar-refractivity contribution is 7.22. The number of amides is 1. The molecule has 0 saturated carbocycles. The molecular weight excluding hydrogens is 366 g/mol. The van der Waals surface area contributed by atoms with Gasteiger partial charge >= 0.3 is 0 Å². The molecule has 2 heterocycles. The number of thiazole rings is 1. The van der Waals surface area contributed by atoms with Crippen LogP contribution in [0, 0.1) is 5.92 Å². The van der Waals surface area contributed by atoms with Crippen LogP contribution in [0.2, 0.25) is 5.02 Å². The van der Waals surface area contributed by atoms with Crippen molar-refractivity contribution < 1.29 is 4.79 Å². The quantitative estimate of drug-likeness (QED) is 0.720. The second-order valence-electron chi connectivity index (χ2n) is 6.56. The number of aromatic nitrogens is 1. The first-order valence-electron chi connectivity index (χ1n) is 8.82. The van der Waals surface area contributed by atoms with E-state index < -0.39 is 0 Å². The fourth-order valence-corrected chi connectivity index (χ4v) is 4.53. The lowest BCUT2D eigenvalue weighted by Crippen LogP contribution is -2.43. The van der Waals surface area contributed by atoms with Gasteiger partial charge in [0.1, 0.15) is 0 Å². The SMILES string of the molecule is O=C(NCc1ccccc1Cl)C1CCCN(c2nc3ccccc3s2)C1. The molecule has 6 heteroatoms. The van der Waals surface area contributed by atoms with Crippen LogP contribution in [0.1, 0.15) is 18.4 Å². The van der Waals surface area contributed by atoms with Gasteiger partial charge in [0.2, 0.25) is 5.91 Å². The van der Waals surface area contributed by atoms with Crippen molar-refractivity contribution in [1.29, 1.82) is 0 Å². The second kappa shape index (κ2) is 7.64. The summed E-state index contributed by atoms with van der Waals surface area (Å²) in [6.07, 6.45) is 1.91. The Bertz CT molecular complexity index is 893. The van der Waals surface area contributed by atoms with Crippen LogP contribution in [0.15, 0.2) is 48.5 Å². The van der Waals surface area contributed by atoms with Gasteiger partial charge < -0.3 is 10.2 Å². The molecule has 0 radical (unpaired) electrons. The molecule has 1 saturated heterocycles. The molecule has 134 valence electrons. The minimum Gasteiger partial charge on any atom is -0.352 e. The number of carbonyl (C=O) groups excluding carboxylic acids is 1. The van der Waals surface area contributed by atoms with Gasteiger partial charge in [-0.3, -0.25) is 4.79 Å². The van der Waals surface area contributed by atoms with Crippen molar-refractivity contribution in [2.24, 2.45) is 5.92 Å². The van der Waals surface area contributed by atoms with Crippen molar-refractivity contribution in [3.63, 3.8) is 0 Å². The van der Waals surface area contributed by atoms with Gasteiger partial charge in [0.15, 0.2) is 5.13 Å². The lowest BCUT2D eigenvalue weighted by Gasteiger charge is -2.31. The third-order valence-electron chi connectivity index (χ3n) is 4.76. The lowest BCUT2D eigenvalue weighted by atomic mass is 9.97. The van der Waals surface area contributed by atoms with E-state index in [2.05, 4.69) is 16.3 Å². The standard InChI is InChI=1S/C20H20ClN3OS/c21-16-8-2-1-6-14(16)12-22-19(25)15-7-5-11-24(13-15)20-23-17-9-3-4-10-18(17)26-20/h1-4,6,8-10,15H,5,7,11-13H2,(H,22,25). The largest absolute Gasteiger partial charge is 0.352 e. The van der Waals surface area contributed by atoms with Crippen LogP contribution in [0.3, 0.4) is 0 Å². The van der Waals surface area contributed by atoms with Crippen molar-refractivity contribution in [1.82, 2.24) is 10.3 Å². The molecule has 26 heavy (non-hydrogen) atoms. The zero-order valence-electron chi connectivity index (χ0n) is 14.3. The van der Waals surface area contributed by atoms with Crippen LogP contribution in [0.5, 0.6) is 0 Å².